The molecule has 1 N–H and O–H groups in total. The monoisotopic (exact) mass is 454 g/mol. The van der Waals surface area contributed by atoms with Gasteiger partial charge in [0.1, 0.15) is 0 Å². The Morgan fingerprint density at radius 1 is 1.00 bits per heavy atom. The molecule has 4 aliphatic heterocycles. The number of hydrogen-bond acceptors (Lipinski definition) is 4. The molecule has 3 saturated heterocycles. The largest absolute Gasteiger partial charge is 0.356 e. The summed E-state index contributed by atoms with van der Waals surface area (Å²) in [6.45, 7) is 5.33. The highest BCUT2D eigenvalue weighted by Gasteiger charge is 2.36. The fourth-order valence-corrected chi connectivity index (χ4v) is 6.81. The molecule has 33 heavy (non-hydrogen) atoms. The Bertz CT molecular complexity index is 926. The van der Waals surface area contributed by atoms with E-state index in [-0.39, 0.29) is 23.3 Å². The van der Waals surface area contributed by atoms with Crippen molar-refractivity contribution in [2.75, 3.05) is 32.7 Å². The number of amides is 2. The van der Waals surface area contributed by atoms with Crippen LogP contribution < -0.4 is 10.9 Å². The minimum absolute atomic E-state index is 0.0670. The van der Waals surface area contributed by atoms with E-state index in [1.165, 1.54) is 45.2 Å². The lowest BCUT2D eigenvalue weighted by atomic mass is 9.83. The lowest BCUT2D eigenvalue weighted by molar-refractivity contribution is -0.134. The third-order valence-corrected chi connectivity index (χ3v) is 8.42. The summed E-state index contributed by atoms with van der Waals surface area (Å²) in [4.78, 5) is 42.1. The van der Waals surface area contributed by atoms with Gasteiger partial charge in [-0.2, -0.15) is 0 Å². The van der Waals surface area contributed by atoms with Crippen LogP contribution in [0.15, 0.2) is 23.0 Å². The number of likely N-dealkylation sites (tertiary alicyclic amines) is 1. The summed E-state index contributed by atoms with van der Waals surface area (Å²) >= 11 is 0. The van der Waals surface area contributed by atoms with Crippen LogP contribution in [0.1, 0.15) is 69.4 Å². The molecule has 7 heteroatoms. The van der Waals surface area contributed by atoms with Gasteiger partial charge in [0.15, 0.2) is 0 Å². The van der Waals surface area contributed by atoms with Gasteiger partial charge >= 0.3 is 0 Å². The zero-order valence-electron chi connectivity index (χ0n) is 19.7. The second-order valence-corrected chi connectivity index (χ2v) is 10.7. The molecule has 3 fully saturated rings. The van der Waals surface area contributed by atoms with Crippen LogP contribution in [0.4, 0.5) is 0 Å². The van der Waals surface area contributed by atoms with Crippen LogP contribution in [0.25, 0.3) is 0 Å². The Hall–Kier alpha value is -2.15. The number of nitrogens with one attached hydrogen (secondary N) is 1. The number of rotatable bonds is 6. The zero-order chi connectivity index (χ0) is 22.8. The normalized spacial score (nSPS) is 29.2. The average Bonchev–Trinajstić information content (AvgIpc) is 2.83. The highest BCUT2D eigenvalue weighted by molar-refractivity contribution is 5.79. The summed E-state index contributed by atoms with van der Waals surface area (Å²) < 4.78 is 1.89. The number of aromatic nitrogens is 1. The van der Waals surface area contributed by atoms with Crippen LogP contribution >= 0.6 is 0 Å². The van der Waals surface area contributed by atoms with Gasteiger partial charge in [0.05, 0.1) is 0 Å². The maximum atomic E-state index is 12.9. The van der Waals surface area contributed by atoms with Crippen molar-refractivity contribution in [3.05, 3.63) is 34.2 Å². The molecular weight excluding hydrogens is 416 g/mol. The number of carbonyl (C=O) groups is 2. The van der Waals surface area contributed by atoms with E-state index in [1.54, 1.807) is 6.07 Å². The lowest BCUT2D eigenvalue weighted by Gasteiger charge is -2.44. The van der Waals surface area contributed by atoms with Gasteiger partial charge in [-0.1, -0.05) is 12.5 Å². The van der Waals surface area contributed by atoms with Crippen molar-refractivity contribution in [3.8, 4) is 0 Å². The molecule has 4 atom stereocenters. The van der Waals surface area contributed by atoms with E-state index in [4.69, 9.17) is 0 Å². The third kappa shape index (κ3) is 5.03. The van der Waals surface area contributed by atoms with Crippen LogP contribution in [0, 0.1) is 11.8 Å². The topological polar surface area (TPSA) is 74.6 Å². The summed E-state index contributed by atoms with van der Waals surface area (Å²) in [5, 5.41) is 3.16. The molecule has 5 heterocycles. The van der Waals surface area contributed by atoms with E-state index in [9.17, 15) is 14.4 Å². The van der Waals surface area contributed by atoms with Gasteiger partial charge in [-0.25, -0.2) is 0 Å². The highest BCUT2D eigenvalue weighted by Crippen LogP contribution is 2.35. The summed E-state index contributed by atoms with van der Waals surface area (Å²) in [6.07, 6.45) is 8.85. The Morgan fingerprint density at radius 2 is 1.88 bits per heavy atom. The maximum Gasteiger partial charge on any atom is 0.250 e. The molecule has 5 rings (SSSR count). The fraction of sp³-hybridized carbons (Fsp3) is 0.731. The molecule has 0 aliphatic carbocycles. The number of carbonyl (C=O) groups excluding carboxylic acids is 2. The van der Waals surface area contributed by atoms with Crippen LogP contribution in [-0.4, -0.2) is 64.9 Å². The Kier molecular flexibility index (Phi) is 6.86. The maximum absolute atomic E-state index is 12.9. The molecule has 2 bridgehead atoms. The van der Waals surface area contributed by atoms with Crippen LogP contribution in [0.2, 0.25) is 0 Å². The van der Waals surface area contributed by atoms with Crippen molar-refractivity contribution in [1.29, 1.82) is 0 Å². The van der Waals surface area contributed by atoms with Gasteiger partial charge in [-0.15, -0.1) is 0 Å². The van der Waals surface area contributed by atoms with E-state index in [2.05, 4.69) is 10.2 Å². The van der Waals surface area contributed by atoms with Gasteiger partial charge < -0.3 is 19.7 Å². The first-order valence-electron chi connectivity index (χ1n) is 13.1. The van der Waals surface area contributed by atoms with Crippen molar-refractivity contribution >= 4 is 11.8 Å². The van der Waals surface area contributed by atoms with Gasteiger partial charge in [-0.3, -0.25) is 14.4 Å². The highest BCUT2D eigenvalue weighted by atomic mass is 16.2. The Labute approximate surface area is 196 Å². The average molecular weight is 455 g/mol. The number of fused-ring (bicyclic) bond motifs is 5. The van der Waals surface area contributed by atoms with Gasteiger partial charge in [-0.05, 0) is 69.5 Å². The lowest BCUT2D eigenvalue weighted by Crippen LogP contribution is -2.51. The van der Waals surface area contributed by atoms with Crippen molar-refractivity contribution in [1.82, 2.24) is 19.7 Å². The molecule has 0 aromatic carbocycles. The first kappa shape index (κ1) is 22.6. The zero-order valence-corrected chi connectivity index (χ0v) is 19.7. The molecule has 1 aromatic heterocycles. The molecule has 0 saturated carbocycles. The SMILES string of the molecule is O=C(CCCC(=O)N1C[C@@H]2C[C@@H](C1)c1cccc(=O)n1C2)NC[C@@H]1CCCN2CCCC[C@H]12. The van der Waals surface area contributed by atoms with Crippen molar-refractivity contribution in [3.63, 3.8) is 0 Å². The van der Waals surface area contributed by atoms with Crippen molar-refractivity contribution < 1.29 is 9.59 Å². The molecule has 0 radical (unpaired) electrons. The van der Waals surface area contributed by atoms with E-state index < -0.39 is 0 Å². The number of pyridine rings is 1. The third-order valence-electron chi connectivity index (χ3n) is 8.42. The smallest absolute Gasteiger partial charge is 0.250 e. The second-order valence-electron chi connectivity index (χ2n) is 10.7. The molecule has 4 aliphatic rings. The van der Waals surface area contributed by atoms with E-state index >= 15 is 0 Å². The van der Waals surface area contributed by atoms with Crippen LogP contribution in [0.3, 0.4) is 0 Å². The summed E-state index contributed by atoms with van der Waals surface area (Å²) in [5.74, 6) is 1.40. The molecule has 2 amide bonds. The fourth-order valence-electron chi connectivity index (χ4n) is 6.81. The van der Waals surface area contributed by atoms with E-state index in [0.29, 0.717) is 50.2 Å². The predicted octanol–water partition coefficient (Wildman–Crippen LogP) is 2.35. The van der Waals surface area contributed by atoms with Crippen LogP contribution in [-0.2, 0) is 16.1 Å². The van der Waals surface area contributed by atoms with Gasteiger partial charge in [0.25, 0.3) is 5.56 Å². The van der Waals surface area contributed by atoms with Gasteiger partial charge in [0, 0.05) is 62.7 Å². The molecule has 7 nitrogen and oxygen atoms in total. The molecule has 0 unspecified atom stereocenters. The predicted molar refractivity (Wildman–Crippen MR) is 127 cm³/mol. The summed E-state index contributed by atoms with van der Waals surface area (Å²) in [5.41, 5.74) is 1.13. The first-order chi connectivity index (χ1) is 16.1. The standard InChI is InChI=1S/C26H38N4O3/c31-24(27-15-20-6-5-13-28-12-2-1-7-22(20)28)9-4-10-25(32)29-16-19-14-21(18-29)23-8-3-11-26(33)30(23)17-19/h3,8,11,19-22H,1-2,4-7,9-10,12-18H2,(H,27,31)/t19-,20-,21-,22+/m0/s1. The molecule has 180 valence electrons. The number of hydrogen-bond donors (Lipinski definition) is 1. The quantitative estimate of drug-likeness (QED) is 0.716. The van der Waals surface area contributed by atoms with E-state index in [0.717, 1.165) is 25.2 Å². The number of nitrogens with zero attached hydrogens (tertiary/aromatic N) is 3. The van der Waals surface area contributed by atoms with Crippen LogP contribution in [0.5, 0.6) is 0 Å². The van der Waals surface area contributed by atoms with E-state index in [1.807, 2.05) is 21.6 Å². The van der Waals surface area contributed by atoms with Crippen molar-refractivity contribution in [2.24, 2.45) is 11.8 Å². The summed E-state index contributed by atoms with van der Waals surface area (Å²) in [6, 6.07) is 6.12. The molecular formula is C26H38N4O3. The van der Waals surface area contributed by atoms with Crippen molar-refractivity contribution in [2.45, 2.75) is 76.3 Å². The minimum atomic E-state index is 0.0670. The number of piperidine rings is 3. The Morgan fingerprint density at radius 3 is 2.79 bits per heavy atom. The summed E-state index contributed by atoms with van der Waals surface area (Å²) in [7, 11) is 0. The molecule has 1 aromatic rings. The minimum Gasteiger partial charge on any atom is -0.356 e. The Balaban J connectivity index is 1.05. The van der Waals surface area contributed by atoms with Gasteiger partial charge in [0.2, 0.25) is 11.8 Å². The molecule has 0 spiro atoms. The first-order valence-corrected chi connectivity index (χ1v) is 13.1. The second kappa shape index (κ2) is 10.00.